The van der Waals surface area contributed by atoms with Crippen molar-refractivity contribution in [2.24, 2.45) is 11.7 Å². The molecule has 0 spiro atoms. The molecular formula is C14H17F2N3. The maximum atomic E-state index is 14.0. The van der Waals surface area contributed by atoms with E-state index in [0.717, 1.165) is 31.4 Å². The quantitative estimate of drug-likeness (QED) is 0.913. The fourth-order valence-corrected chi connectivity index (χ4v) is 2.93. The van der Waals surface area contributed by atoms with E-state index >= 15 is 0 Å². The molecule has 0 aromatic heterocycles. The van der Waals surface area contributed by atoms with Crippen LogP contribution in [0, 0.1) is 28.9 Å². The lowest BCUT2D eigenvalue weighted by Crippen LogP contribution is -2.38. The SMILES string of the molecule is CN(c1c(F)cc(C#N)cc1F)C1CCCC1CN. The third kappa shape index (κ3) is 2.54. The van der Waals surface area contributed by atoms with Gasteiger partial charge >= 0.3 is 0 Å². The van der Waals surface area contributed by atoms with Gasteiger partial charge < -0.3 is 10.6 Å². The Hall–Kier alpha value is -1.67. The number of anilines is 1. The summed E-state index contributed by atoms with van der Waals surface area (Å²) in [5.74, 6) is -1.12. The summed E-state index contributed by atoms with van der Waals surface area (Å²) in [6.45, 7) is 0.522. The molecule has 3 nitrogen and oxygen atoms in total. The second-order valence-electron chi connectivity index (χ2n) is 5.01. The fraction of sp³-hybridized carbons (Fsp3) is 0.500. The third-order valence-corrected chi connectivity index (χ3v) is 3.92. The largest absolute Gasteiger partial charge is 0.367 e. The lowest BCUT2D eigenvalue weighted by molar-refractivity contribution is 0.461. The third-order valence-electron chi connectivity index (χ3n) is 3.92. The van der Waals surface area contributed by atoms with Crippen molar-refractivity contribution in [1.82, 2.24) is 0 Å². The molecule has 2 rings (SSSR count). The zero-order valence-corrected chi connectivity index (χ0v) is 10.9. The normalized spacial score (nSPS) is 22.3. The monoisotopic (exact) mass is 265 g/mol. The molecule has 1 saturated carbocycles. The summed E-state index contributed by atoms with van der Waals surface area (Å²) in [6.07, 6.45) is 2.90. The van der Waals surface area contributed by atoms with Crippen LogP contribution in [0.2, 0.25) is 0 Å². The van der Waals surface area contributed by atoms with Crippen molar-refractivity contribution in [3.05, 3.63) is 29.3 Å². The van der Waals surface area contributed by atoms with Crippen LogP contribution in [0.3, 0.4) is 0 Å². The topological polar surface area (TPSA) is 53.0 Å². The minimum Gasteiger partial charge on any atom is -0.367 e. The molecule has 2 N–H and O–H groups in total. The van der Waals surface area contributed by atoms with E-state index in [-0.39, 0.29) is 23.2 Å². The molecule has 0 aliphatic heterocycles. The number of rotatable bonds is 3. The van der Waals surface area contributed by atoms with E-state index < -0.39 is 11.6 Å². The molecular weight excluding hydrogens is 248 g/mol. The lowest BCUT2D eigenvalue weighted by Gasteiger charge is -2.31. The van der Waals surface area contributed by atoms with Gasteiger partial charge in [0.1, 0.15) is 5.69 Å². The molecule has 0 radical (unpaired) electrons. The highest BCUT2D eigenvalue weighted by molar-refractivity contribution is 5.53. The number of hydrogen-bond acceptors (Lipinski definition) is 3. The predicted octanol–water partition coefficient (Wildman–Crippen LogP) is 2.40. The van der Waals surface area contributed by atoms with Gasteiger partial charge in [0, 0.05) is 13.1 Å². The van der Waals surface area contributed by atoms with Crippen molar-refractivity contribution < 1.29 is 8.78 Å². The van der Waals surface area contributed by atoms with Crippen LogP contribution < -0.4 is 10.6 Å². The van der Waals surface area contributed by atoms with Crippen LogP contribution in [-0.2, 0) is 0 Å². The molecule has 1 aromatic carbocycles. The average Bonchev–Trinajstić information content (AvgIpc) is 2.85. The number of hydrogen-bond donors (Lipinski definition) is 1. The molecule has 2 atom stereocenters. The van der Waals surface area contributed by atoms with Gasteiger partial charge in [-0.1, -0.05) is 6.42 Å². The number of nitriles is 1. The average molecular weight is 265 g/mol. The molecule has 2 unspecified atom stereocenters. The first-order valence-corrected chi connectivity index (χ1v) is 6.40. The number of benzene rings is 1. The Labute approximate surface area is 111 Å². The smallest absolute Gasteiger partial charge is 0.150 e. The Balaban J connectivity index is 2.34. The maximum Gasteiger partial charge on any atom is 0.150 e. The van der Waals surface area contributed by atoms with E-state index in [1.165, 1.54) is 0 Å². The Bertz CT molecular complexity index is 487. The summed E-state index contributed by atoms with van der Waals surface area (Å²) in [5.41, 5.74) is 5.63. The van der Waals surface area contributed by atoms with Gasteiger partial charge in [-0.25, -0.2) is 8.78 Å². The summed E-state index contributed by atoms with van der Waals surface area (Å²) in [4.78, 5) is 1.64. The molecule has 19 heavy (non-hydrogen) atoms. The number of nitrogens with zero attached hydrogens (tertiary/aromatic N) is 2. The van der Waals surface area contributed by atoms with Gasteiger partial charge in [-0.15, -0.1) is 0 Å². The second-order valence-corrected chi connectivity index (χ2v) is 5.01. The minimum atomic E-state index is -0.693. The van der Waals surface area contributed by atoms with Crippen LogP contribution in [0.4, 0.5) is 14.5 Å². The summed E-state index contributed by atoms with van der Waals surface area (Å²) in [7, 11) is 1.69. The standard InChI is InChI=1S/C14H17F2N3/c1-19(13-4-2-3-10(13)8-18)14-11(15)5-9(7-17)6-12(14)16/h5-6,10,13H,2-4,8,18H2,1H3. The Morgan fingerprint density at radius 2 is 2.00 bits per heavy atom. The van der Waals surface area contributed by atoms with Crippen LogP contribution in [0.25, 0.3) is 0 Å². The van der Waals surface area contributed by atoms with Crippen molar-refractivity contribution in [3.8, 4) is 6.07 Å². The molecule has 0 heterocycles. The first-order valence-electron chi connectivity index (χ1n) is 6.40. The minimum absolute atomic E-state index is 0.00560. The molecule has 0 saturated heterocycles. The van der Waals surface area contributed by atoms with Crippen molar-refractivity contribution in [1.29, 1.82) is 5.26 Å². The summed E-state index contributed by atoms with van der Waals surface area (Å²) in [6, 6.07) is 3.94. The van der Waals surface area contributed by atoms with Crippen molar-refractivity contribution in [3.63, 3.8) is 0 Å². The van der Waals surface area contributed by atoms with Crippen LogP contribution in [-0.4, -0.2) is 19.6 Å². The highest BCUT2D eigenvalue weighted by Crippen LogP contribution is 2.34. The van der Waals surface area contributed by atoms with Crippen molar-refractivity contribution in [2.75, 3.05) is 18.5 Å². The molecule has 1 aliphatic rings. The van der Waals surface area contributed by atoms with Gasteiger partial charge in [-0.05, 0) is 37.4 Å². The summed E-state index contributed by atoms with van der Waals surface area (Å²) < 4.78 is 27.9. The van der Waals surface area contributed by atoms with E-state index in [9.17, 15) is 8.78 Å². The molecule has 5 heteroatoms. The van der Waals surface area contributed by atoms with Gasteiger partial charge in [-0.3, -0.25) is 0 Å². The fourth-order valence-electron chi connectivity index (χ4n) is 2.93. The van der Waals surface area contributed by atoms with Gasteiger partial charge in [0.15, 0.2) is 11.6 Å². The van der Waals surface area contributed by atoms with Crippen LogP contribution >= 0.6 is 0 Å². The molecule has 0 amide bonds. The highest BCUT2D eigenvalue weighted by atomic mass is 19.1. The van der Waals surface area contributed by atoms with Crippen LogP contribution in [0.5, 0.6) is 0 Å². The summed E-state index contributed by atoms with van der Waals surface area (Å²) in [5, 5.41) is 8.69. The molecule has 1 fully saturated rings. The second kappa shape index (κ2) is 5.54. The first kappa shape index (κ1) is 13.8. The molecule has 0 bridgehead atoms. The zero-order chi connectivity index (χ0) is 14.0. The predicted molar refractivity (Wildman–Crippen MR) is 69.7 cm³/mol. The van der Waals surface area contributed by atoms with Gasteiger partial charge in [-0.2, -0.15) is 5.26 Å². The van der Waals surface area contributed by atoms with Gasteiger partial charge in [0.2, 0.25) is 0 Å². The Morgan fingerprint density at radius 1 is 1.37 bits per heavy atom. The highest BCUT2D eigenvalue weighted by Gasteiger charge is 2.31. The van der Waals surface area contributed by atoms with E-state index in [1.54, 1.807) is 18.0 Å². The lowest BCUT2D eigenvalue weighted by atomic mass is 10.0. The van der Waals surface area contributed by atoms with Gasteiger partial charge in [0.05, 0.1) is 11.6 Å². The maximum absolute atomic E-state index is 14.0. The summed E-state index contributed by atoms with van der Waals surface area (Å²) >= 11 is 0. The Morgan fingerprint density at radius 3 is 2.53 bits per heavy atom. The van der Waals surface area contributed by atoms with Crippen LogP contribution in [0.1, 0.15) is 24.8 Å². The first-order chi connectivity index (χ1) is 9.08. The van der Waals surface area contributed by atoms with Crippen molar-refractivity contribution >= 4 is 5.69 Å². The molecule has 102 valence electrons. The van der Waals surface area contributed by atoms with E-state index in [1.807, 2.05) is 0 Å². The molecule has 1 aromatic rings. The van der Waals surface area contributed by atoms with Crippen molar-refractivity contribution in [2.45, 2.75) is 25.3 Å². The van der Waals surface area contributed by atoms with Crippen LogP contribution in [0.15, 0.2) is 12.1 Å². The van der Waals surface area contributed by atoms with E-state index in [4.69, 9.17) is 11.0 Å². The number of halogens is 2. The van der Waals surface area contributed by atoms with E-state index in [2.05, 4.69) is 0 Å². The zero-order valence-electron chi connectivity index (χ0n) is 10.9. The van der Waals surface area contributed by atoms with E-state index in [0.29, 0.717) is 6.54 Å². The van der Waals surface area contributed by atoms with Gasteiger partial charge in [0.25, 0.3) is 0 Å². The molecule has 1 aliphatic carbocycles. The Kier molecular flexibility index (Phi) is 4.01. The number of nitrogens with two attached hydrogens (primary N) is 1.